The summed E-state index contributed by atoms with van der Waals surface area (Å²) >= 11 is 12.3. The van der Waals surface area contributed by atoms with Crippen LogP contribution in [0.15, 0.2) is 42.5 Å². The summed E-state index contributed by atoms with van der Waals surface area (Å²) in [5, 5.41) is 1.14. The van der Waals surface area contributed by atoms with E-state index in [0.29, 0.717) is 10.0 Å². The summed E-state index contributed by atoms with van der Waals surface area (Å²) in [7, 11) is 0. The number of halogens is 2. The molecule has 2 aromatic rings. The molecule has 1 aliphatic rings. The topological polar surface area (TPSA) is 29.3 Å². The molecule has 0 aliphatic carbocycles. The Morgan fingerprint density at radius 3 is 2.76 bits per heavy atom. The van der Waals surface area contributed by atoms with Crippen LogP contribution < -0.4 is 10.6 Å². The summed E-state index contributed by atoms with van der Waals surface area (Å²) in [6.07, 6.45) is 1.97. The van der Waals surface area contributed by atoms with Gasteiger partial charge in [-0.3, -0.25) is 0 Å². The zero-order valence-corrected chi connectivity index (χ0v) is 13.2. The van der Waals surface area contributed by atoms with E-state index in [0.717, 1.165) is 31.5 Å². The molecule has 4 heteroatoms. The third kappa shape index (κ3) is 3.03. The van der Waals surface area contributed by atoms with Gasteiger partial charge in [0.1, 0.15) is 0 Å². The lowest BCUT2D eigenvalue weighted by molar-refractivity contribution is 0.634. The van der Waals surface area contributed by atoms with Crippen molar-refractivity contribution >= 4 is 28.9 Å². The lowest BCUT2D eigenvalue weighted by atomic mass is 10.0. The molecule has 0 radical (unpaired) electrons. The summed E-state index contributed by atoms with van der Waals surface area (Å²) < 4.78 is 0. The van der Waals surface area contributed by atoms with E-state index in [1.807, 2.05) is 12.1 Å². The van der Waals surface area contributed by atoms with Gasteiger partial charge < -0.3 is 10.6 Å². The van der Waals surface area contributed by atoms with E-state index in [9.17, 15) is 0 Å². The van der Waals surface area contributed by atoms with Crippen molar-refractivity contribution in [3.05, 3.63) is 63.6 Å². The van der Waals surface area contributed by atoms with Crippen LogP contribution in [-0.4, -0.2) is 13.1 Å². The Morgan fingerprint density at radius 1 is 1.10 bits per heavy atom. The van der Waals surface area contributed by atoms with Crippen LogP contribution in [0.4, 0.5) is 5.69 Å². The molecule has 0 bridgehead atoms. The first kappa shape index (κ1) is 14.7. The Morgan fingerprint density at radius 2 is 1.90 bits per heavy atom. The van der Waals surface area contributed by atoms with Crippen molar-refractivity contribution in [3.63, 3.8) is 0 Å². The molecular formula is C17H18Cl2N2. The third-order valence-electron chi connectivity index (χ3n) is 4.07. The minimum atomic E-state index is -0.0936. The highest BCUT2D eigenvalue weighted by atomic mass is 35.5. The third-order valence-corrected chi connectivity index (χ3v) is 4.91. The second-order valence-electron chi connectivity index (χ2n) is 5.40. The fourth-order valence-electron chi connectivity index (χ4n) is 2.90. The van der Waals surface area contributed by atoms with Gasteiger partial charge in [-0.1, -0.05) is 53.5 Å². The quantitative estimate of drug-likeness (QED) is 0.902. The molecule has 2 aromatic carbocycles. The molecular weight excluding hydrogens is 303 g/mol. The van der Waals surface area contributed by atoms with E-state index in [4.69, 9.17) is 28.9 Å². The van der Waals surface area contributed by atoms with Gasteiger partial charge in [0.2, 0.25) is 0 Å². The lowest BCUT2D eigenvalue weighted by Crippen LogP contribution is -2.25. The zero-order chi connectivity index (χ0) is 14.8. The summed E-state index contributed by atoms with van der Waals surface area (Å²) in [5.74, 6) is 0. The van der Waals surface area contributed by atoms with Crippen LogP contribution in [0.25, 0.3) is 0 Å². The lowest BCUT2D eigenvalue weighted by Gasteiger charge is -2.22. The van der Waals surface area contributed by atoms with Crippen LogP contribution in [0.2, 0.25) is 10.0 Å². The molecule has 0 spiro atoms. The number of anilines is 1. The first-order chi connectivity index (χ1) is 10.2. The van der Waals surface area contributed by atoms with Crippen LogP contribution in [0, 0.1) is 0 Å². The van der Waals surface area contributed by atoms with Gasteiger partial charge in [0, 0.05) is 24.8 Å². The minimum Gasteiger partial charge on any atom is -0.371 e. The van der Waals surface area contributed by atoms with Gasteiger partial charge in [0.05, 0.1) is 10.0 Å². The zero-order valence-electron chi connectivity index (χ0n) is 11.7. The van der Waals surface area contributed by atoms with Crippen molar-refractivity contribution in [1.29, 1.82) is 0 Å². The van der Waals surface area contributed by atoms with Gasteiger partial charge in [-0.2, -0.15) is 0 Å². The predicted octanol–water partition coefficient (Wildman–Crippen LogP) is 4.45. The summed E-state index contributed by atoms with van der Waals surface area (Å²) in [5.41, 5.74) is 9.98. The summed E-state index contributed by atoms with van der Waals surface area (Å²) in [4.78, 5) is 2.40. The molecule has 0 amide bonds. The van der Waals surface area contributed by atoms with Crippen molar-refractivity contribution in [3.8, 4) is 0 Å². The molecule has 0 saturated carbocycles. The number of rotatable bonds is 4. The van der Waals surface area contributed by atoms with E-state index >= 15 is 0 Å². The smallest absolute Gasteiger partial charge is 0.0640 e. The van der Waals surface area contributed by atoms with Crippen LogP contribution in [0.1, 0.15) is 23.6 Å². The highest BCUT2D eigenvalue weighted by Gasteiger charge is 2.19. The van der Waals surface area contributed by atoms with Crippen LogP contribution >= 0.6 is 23.2 Å². The molecule has 0 saturated heterocycles. The highest BCUT2D eigenvalue weighted by molar-refractivity contribution is 6.42. The average Bonchev–Trinajstić information content (AvgIpc) is 2.91. The van der Waals surface area contributed by atoms with Gasteiger partial charge in [-0.05, 0) is 36.1 Å². The normalized spacial score (nSPS) is 15.1. The number of nitrogens with two attached hydrogens (primary N) is 1. The Kier molecular flexibility index (Phi) is 4.39. The maximum Gasteiger partial charge on any atom is 0.0640 e. The molecule has 1 unspecified atom stereocenters. The number of hydrogen-bond acceptors (Lipinski definition) is 2. The molecule has 0 aromatic heterocycles. The van der Waals surface area contributed by atoms with Crippen molar-refractivity contribution in [1.82, 2.24) is 0 Å². The summed E-state index contributed by atoms with van der Waals surface area (Å²) in [6, 6.07) is 14.1. The van der Waals surface area contributed by atoms with E-state index in [1.165, 1.54) is 11.3 Å². The maximum atomic E-state index is 6.29. The molecule has 2 N–H and O–H groups in total. The molecule has 1 heterocycles. The second kappa shape index (κ2) is 6.27. The SMILES string of the molecule is NC(CCN1CCc2ccccc21)c1cccc(Cl)c1Cl. The molecule has 0 fully saturated rings. The second-order valence-corrected chi connectivity index (χ2v) is 6.19. The maximum absolute atomic E-state index is 6.29. The minimum absolute atomic E-state index is 0.0936. The Hall–Kier alpha value is -1.22. The number of fused-ring (bicyclic) bond motifs is 1. The van der Waals surface area contributed by atoms with Gasteiger partial charge >= 0.3 is 0 Å². The summed E-state index contributed by atoms with van der Waals surface area (Å²) in [6.45, 7) is 2.00. The highest BCUT2D eigenvalue weighted by Crippen LogP contribution is 2.32. The van der Waals surface area contributed by atoms with Gasteiger partial charge in [-0.25, -0.2) is 0 Å². The van der Waals surface area contributed by atoms with E-state index in [2.05, 4.69) is 29.2 Å². The van der Waals surface area contributed by atoms with Gasteiger partial charge in [0.15, 0.2) is 0 Å². The monoisotopic (exact) mass is 320 g/mol. The Labute approximate surface area is 135 Å². The number of para-hydroxylation sites is 1. The first-order valence-corrected chi connectivity index (χ1v) is 7.95. The van der Waals surface area contributed by atoms with Crippen molar-refractivity contribution in [2.75, 3.05) is 18.0 Å². The molecule has 21 heavy (non-hydrogen) atoms. The van der Waals surface area contributed by atoms with Crippen molar-refractivity contribution < 1.29 is 0 Å². The van der Waals surface area contributed by atoms with E-state index in [-0.39, 0.29) is 6.04 Å². The van der Waals surface area contributed by atoms with Crippen LogP contribution in [-0.2, 0) is 6.42 Å². The molecule has 1 atom stereocenters. The fraction of sp³-hybridized carbons (Fsp3) is 0.294. The Bertz CT molecular complexity index is 642. The van der Waals surface area contributed by atoms with E-state index < -0.39 is 0 Å². The van der Waals surface area contributed by atoms with Gasteiger partial charge in [0.25, 0.3) is 0 Å². The van der Waals surface area contributed by atoms with Crippen LogP contribution in [0.5, 0.6) is 0 Å². The van der Waals surface area contributed by atoms with Crippen molar-refractivity contribution in [2.24, 2.45) is 5.73 Å². The number of benzene rings is 2. The van der Waals surface area contributed by atoms with Gasteiger partial charge in [-0.15, -0.1) is 0 Å². The molecule has 110 valence electrons. The molecule has 2 nitrogen and oxygen atoms in total. The standard InChI is InChI=1S/C17H18Cl2N2/c18-14-6-3-5-13(17(14)19)15(20)9-11-21-10-8-12-4-1-2-7-16(12)21/h1-7,15H,8-11,20H2. The first-order valence-electron chi connectivity index (χ1n) is 7.19. The largest absolute Gasteiger partial charge is 0.371 e. The number of hydrogen-bond donors (Lipinski definition) is 1. The van der Waals surface area contributed by atoms with Crippen molar-refractivity contribution in [2.45, 2.75) is 18.9 Å². The number of nitrogens with zero attached hydrogens (tertiary/aromatic N) is 1. The van der Waals surface area contributed by atoms with Crippen LogP contribution in [0.3, 0.4) is 0 Å². The van der Waals surface area contributed by atoms with E-state index in [1.54, 1.807) is 6.07 Å². The molecule has 3 rings (SSSR count). The fourth-order valence-corrected chi connectivity index (χ4v) is 3.34. The predicted molar refractivity (Wildman–Crippen MR) is 90.4 cm³/mol. The average molecular weight is 321 g/mol. The molecule has 1 aliphatic heterocycles. The Balaban J connectivity index is 1.67.